The van der Waals surface area contributed by atoms with Crippen LogP contribution in [0, 0.1) is 6.92 Å². The van der Waals surface area contributed by atoms with Gasteiger partial charge in [0.1, 0.15) is 5.52 Å². The summed E-state index contributed by atoms with van der Waals surface area (Å²) in [7, 11) is 0. The highest BCUT2D eigenvalue weighted by Crippen LogP contribution is 2.19. The van der Waals surface area contributed by atoms with E-state index in [0.29, 0.717) is 6.54 Å². The Hall–Kier alpha value is -3.67. The number of carbonyl (C=O) groups is 1. The molecule has 156 valence electrons. The standard InChI is InChI=1S/C25H25N5O/c1-19-5-4-6-22(17-19)28-13-15-29(16-14-28)25(31)21-11-9-20(10-12-21)18-30-24-8-3-2-7-23(24)26-27-30/h2-12,17H,13-16,18H2,1H3. The van der Waals surface area contributed by atoms with Crippen LogP contribution in [0.2, 0.25) is 0 Å². The van der Waals surface area contributed by atoms with Crippen molar-refractivity contribution in [1.82, 2.24) is 19.9 Å². The lowest BCUT2D eigenvalue weighted by molar-refractivity contribution is 0.0747. The number of piperazine rings is 1. The maximum absolute atomic E-state index is 13.0. The summed E-state index contributed by atoms with van der Waals surface area (Å²) in [6.07, 6.45) is 0. The predicted molar refractivity (Wildman–Crippen MR) is 122 cm³/mol. The van der Waals surface area contributed by atoms with Crippen molar-refractivity contribution in [2.75, 3.05) is 31.1 Å². The van der Waals surface area contributed by atoms with Gasteiger partial charge in [-0.3, -0.25) is 4.79 Å². The van der Waals surface area contributed by atoms with Gasteiger partial charge in [0.2, 0.25) is 0 Å². The van der Waals surface area contributed by atoms with E-state index < -0.39 is 0 Å². The van der Waals surface area contributed by atoms with Gasteiger partial charge < -0.3 is 9.80 Å². The van der Waals surface area contributed by atoms with E-state index in [4.69, 9.17) is 0 Å². The van der Waals surface area contributed by atoms with Crippen molar-refractivity contribution >= 4 is 22.6 Å². The molecule has 0 bridgehead atoms. The number of nitrogens with zero attached hydrogens (tertiary/aromatic N) is 5. The number of hydrogen-bond donors (Lipinski definition) is 0. The lowest BCUT2D eigenvalue weighted by Gasteiger charge is -2.36. The van der Waals surface area contributed by atoms with Gasteiger partial charge in [-0.25, -0.2) is 4.68 Å². The molecule has 1 aliphatic rings. The Bertz CT molecular complexity index is 1210. The summed E-state index contributed by atoms with van der Waals surface area (Å²) < 4.78 is 1.89. The van der Waals surface area contributed by atoms with Gasteiger partial charge in [0, 0.05) is 37.4 Å². The number of rotatable bonds is 4. The molecule has 1 saturated heterocycles. The Balaban J connectivity index is 1.22. The molecule has 2 heterocycles. The van der Waals surface area contributed by atoms with Crippen LogP contribution in [0.5, 0.6) is 0 Å². The SMILES string of the molecule is Cc1cccc(N2CCN(C(=O)c3ccc(Cn4nnc5ccccc54)cc3)CC2)c1. The van der Waals surface area contributed by atoms with Crippen molar-refractivity contribution in [2.45, 2.75) is 13.5 Å². The van der Waals surface area contributed by atoms with Crippen LogP contribution in [0.4, 0.5) is 5.69 Å². The normalized spacial score (nSPS) is 14.2. The van der Waals surface area contributed by atoms with Gasteiger partial charge in [-0.15, -0.1) is 5.10 Å². The lowest BCUT2D eigenvalue weighted by Crippen LogP contribution is -2.48. The monoisotopic (exact) mass is 411 g/mol. The number of aryl methyl sites for hydroxylation is 1. The molecule has 0 aliphatic carbocycles. The number of fused-ring (bicyclic) bond motifs is 1. The molecule has 0 spiro atoms. The average molecular weight is 412 g/mol. The van der Waals surface area contributed by atoms with E-state index in [1.165, 1.54) is 11.3 Å². The molecule has 1 aliphatic heterocycles. The number of hydrogen-bond acceptors (Lipinski definition) is 4. The Kier molecular flexibility index (Phi) is 5.12. The minimum absolute atomic E-state index is 0.0987. The second kappa shape index (κ2) is 8.22. The zero-order valence-electron chi connectivity index (χ0n) is 17.6. The summed E-state index contributed by atoms with van der Waals surface area (Å²) in [4.78, 5) is 17.3. The quantitative estimate of drug-likeness (QED) is 0.513. The molecule has 3 aromatic carbocycles. The topological polar surface area (TPSA) is 54.3 Å². The fourth-order valence-electron chi connectivity index (χ4n) is 4.13. The highest BCUT2D eigenvalue weighted by atomic mass is 16.2. The lowest BCUT2D eigenvalue weighted by atomic mass is 10.1. The maximum atomic E-state index is 13.0. The number of aromatic nitrogens is 3. The van der Waals surface area contributed by atoms with E-state index >= 15 is 0 Å². The Morgan fingerprint density at radius 1 is 0.903 bits per heavy atom. The van der Waals surface area contributed by atoms with Crippen molar-refractivity contribution in [3.8, 4) is 0 Å². The molecule has 6 heteroatoms. The number of amides is 1. The predicted octanol–water partition coefficient (Wildman–Crippen LogP) is 3.75. The molecule has 1 fully saturated rings. The van der Waals surface area contributed by atoms with E-state index in [1.54, 1.807) is 0 Å². The molecule has 6 nitrogen and oxygen atoms in total. The van der Waals surface area contributed by atoms with Crippen molar-refractivity contribution in [3.05, 3.63) is 89.5 Å². The number of anilines is 1. The number of carbonyl (C=O) groups excluding carboxylic acids is 1. The van der Waals surface area contributed by atoms with Crippen LogP contribution in [0.25, 0.3) is 11.0 Å². The van der Waals surface area contributed by atoms with Crippen LogP contribution in [-0.4, -0.2) is 52.0 Å². The van der Waals surface area contributed by atoms with Crippen LogP contribution in [0.1, 0.15) is 21.5 Å². The highest BCUT2D eigenvalue weighted by molar-refractivity contribution is 5.94. The summed E-state index contributed by atoms with van der Waals surface area (Å²) in [6.45, 7) is 5.92. The van der Waals surface area contributed by atoms with E-state index in [9.17, 15) is 4.79 Å². The summed E-state index contributed by atoms with van der Waals surface area (Å²) in [5.41, 5.74) is 6.22. The summed E-state index contributed by atoms with van der Waals surface area (Å²) in [5.74, 6) is 0.0987. The van der Waals surface area contributed by atoms with Gasteiger partial charge in [0.15, 0.2) is 0 Å². The molecule has 0 unspecified atom stereocenters. The molecule has 0 saturated carbocycles. The van der Waals surface area contributed by atoms with Gasteiger partial charge in [0.05, 0.1) is 12.1 Å². The number of benzene rings is 3. The first-order valence-corrected chi connectivity index (χ1v) is 10.7. The first-order valence-electron chi connectivity index (χ1n) is 10.7. The molecule has 0 radical (unpaired) electrons. The largest absolute Gasteiger partial charge is 0.368 e. The minimum Gasteiger partial charge on any atom is -0.368 e. The molecular formula is C25H25N5O. The molecule has 5 rings (SSSR count). The molecule has 4 aromatic rings. The maximum Gasteiger partial charge on any atom is 0.253 e. The zero-order chi connectivity index (χ0) is 21.2. The highest BCUT2D eigenvalue weighted by Gasteiger charge is 2.22. The van der Waals surface area contributed by atoms with Crippen LogP contribution >= 0.6 is 0 Å². The molecule has 0 atom stereocenters. The molecule has 31 heavy (non-hydrogen) atoms. The summed E-state index contributed by atoms with van der Waals surface area (Å²) in [6, 6.07) is 24.3. The third-order valence-electron chi connectivity index (χ3n) is 5.89. The van der Waals surface area contributed by atoms with E-state index in [-0.39, 0.29) is 5.91 Å². The van der Waals surface area contributed by atoms with Crippen molar-refractivity contribution in [2.24, 2.45) is 0 Å². The average Bonchev–Trinajstić information content (AvgIpc) is 3.22. The van der Waals surface area contributed by atoms with Gasteiger partial charge in [0.25, 0.3) is 5.91 Å². The van der Waals surface area contributed by atoms with Crippen LogP contribution < -0.4 is 4.90 Å². The Labute approximate surface area is 181 Å². The van der Waals surface area contributed by atoms with Crippen molar-refractivity contribution < 1.29 is 4.79 Å². The van der Waals surface area contributed by atoms with E-state index in [0.717, 1.165) is 48.3 Å². The van der Waals surface area contributed by atoms with Gasteiger partial charge in [-0.05, 0) is 54.4 Å². The molecule has 1 aromatic heterocycles. The van der Waals surface area contributed by atoms with E-state index in [2.05, 4.69) is 46.4 Å². The first kappa shape index (κ1) is 19.3. The molecule has 1 amide bonds. The Morgan fingerprint density at radius 3 is 2.45 bits per heavy atom. The van der Waals surface area contributed by atoms with Crippen LogP contribution in [0.3, 0.4) is 0 Å². The Morgan fingerprint density at radius 2 is 1.68 bits per heavy atom. The first-order chi connectivity index (χ1) is 15.2. The van der Waals surface area contributed by atoms with Gasteiger partial charge >= 0.3 is 0 Å². The third kappa shape index (κ3) is 4.01. The van der Waals surface area contributed by atoms with E-state index in [1.807, 2.05) is 58.1 Å². The smallest absolute Gasteiger partial charge is 0.253 e. The fraction of sp³-hybridized carbons (Fsp3) is 0.240. The summed E-state index contributed by atoms with van der Waals surface area (Å²) >= 11 is 0. The second-order valence-corrected chi connectivity index (χ2v) is 8.05. The molecular weight excluding hydrogens is 386 g/mol. The third-order valence-corrected chi connectivity index (χ3v) is 5.89. The van der Waals surface area contributed by atoms with Crippen LogP contribution in [0.15, 0.2) is 72.8 Å². The van der Waals surface area contributed by atoms with Gasteiger partial charge in [-0.1, -0.05) is 41.6 Å². The fourth-order valence-corrected chi connectivity index (χ4v) is 4.13. The van der Waals surface area contributed by atoms with Crippen LogP contribution in [-0.2, 0) is 6.54 Å². The summed E-state index contributed by atoms with van der Waals surface area (Å²) in [5, 5.41) is 8.45. The number of para-hydroxylation sites is 1. The van der Waals surface area contributed by atoms with Gasteiger partial charge in [-0.2, -0.15) is 0 Å². The minimum atomic E-state index is 0.0987. The zero-order valence-corrected chi connectivity index (χ0v) is 17.6. The molecule has 0 N–H and O–H groups in total. The van der Waals surface area contributed by atoms with Crippen molar-refractivity contribution in [1.29, 1.82) is 0 Å². The van der Waals surface area contributed by atoms with Crippen molar-refractivity contribution in [3.63, 3.8) is 0 Å². The second-order valence-electron chi connectivity index (χ2n) is 8.05.